The Morgan fingerprint density at radius 3 is 1.83 bits per heavy atom. The van der Waals surface area contributed by atoms with E-state index in [1.54, 1.807) is 24.3 Å². The number of carboxylic acids is 1. The molecule has 150 valence electrons. The summed E-state index contributed by atoms with van der Waals surface area (Å²) >= 11 is 0. The molecule has 0 aromatic heterocycles. The van der Waals surface area contributed by atoms with E-state index in [0.717, 1.165) is 30.2 Å². The Balaban J connectivity index is 0.000000218. The summed E-state index contributed by atoms with van der Waals surface area (Å²) < 4.78 is 5.44. The minimum Gasteiger partial charge on any atom is -0.494 e. The third-order valence-corrected chi connectivity index (χ3v) is 4.00. The second-order valence-corrected chi connectivity index (χ2v) is 6.25. The van der Waals surface area contributed by atoms with Crippen LogP contribution in [-0.4, -0.2) is 29.4 Å². The lowest BCUT2D eigenvalue weighted by molar-refractivity contribution is -0.131. The van der Waals surface area contributed by atoms with Crippen LogP contribution in [-0.2, 0) is 4.79 Å². The van der Waals surface area contributed by atoms with Gasteiger partial charge >= 0.3 is 5.97 Å². The second kappa shape index (κ2) is 12.9. The molecule has 0 heterocycles. The van der Waals surface area contributed by atoms with Crippen LogP contribution in [0.5, 0.6) is 5.75 Å². The summed E-state index contributed by atoms with van der Waals surface area (Å²) in [5.74, 6) is -0.218. The maximum absolute atomic E-state index is 10.3. The lowest BCUT2D eigenvalue weighted by atomic mass is 10.1. The molecular weight excluding hydrogens is 364 g/mol. The van der Waals surface area contributed by atoms with Gasteiger partial charge in [-0.1, -0.05) is 72.8 Å². The molecule has 0 bridgehead atoms. The standard InChI is InChI=1S/C13H16O4.C12H10/c14-9-1-2-10-17-12-6-3-11(4-7-12)5-8-13(15)16;1-3-7-11(8-4-1)12-9-5-2-6-10-12/h3-8,14H,1-2,9-10H2,(H,15,16);1-10H/b8-5+;. The Kier molecular flexibility index (Phi) is 9.77. The van der Waals surface area contributed by atoms with Crippen LogP contribution < -0.4 is 4.74 Å². The van der Waals surface area contributed by atoms with Crippen LogP contribution in [0.4, 0.5) is 0 Å². The highest BCUT2D eigenvalue weighted by Gasteiger charge is 1.95. The summed E-state index contributed by atoms with van der Waals surface area (Å²) in [5.41, 5.74) is 3.37. The van der Waals surface area contributed by atoms with Gasteiger partial charge in [0.15, 0.2) is 0 Å². The number of hydrogen-bond donors (Lipinski definition) is 2. The van der Waals surface area contributed by atoms with Crippen LogP contribution in [0, 0.1) is 0 Å². The van der Waals surface area contributed by atoms with Crippen molar-refractivity contribution < 1.29 is 19.7 Å². The van der Waals surface area contributed by atoms with Crippen LogP contribution in [0.25, 0.3) is 17.2 Å². The fourth-order valence-corrected chi connectivity index (χ4v) is 2.51. The third-order valence-electron chi connectivity index (χ3n) is 4.00. The predicted molar refractivity (Wildman–Crippen MR) is 117 cm³/mol. The van der Waals surface area contributed by atoms with Gasteiger partial charge in [-0.15, -0.1) is 0 Å². The van der Waals surface area contributed by atoms with Crippen molar-refractivity contribution in [3.63, 3.8) is 0 Å². The molecule has 0 aliphatic carbocycles. The van der Waals surface area contributed by atoms with E-state index in [9.17, 15) is 4.79 Å². The van der Waals surface area contributed by atoms with Gasteiger partial charge in [0.25, 0.3) is 0 Å². The number of aliphatic carboxylic acids is 1. The molecule has 29 heavy (non-hydrogen) atoms. The molecule has 4 nitrogen and oxygen atoms in total. The zero-order chi connectivity index (χ0) is 20.7. The molecule has 2 N–H and O–H groups in total. The number of unbranched alkanes of at least 4 members (excludes halogenated alkanes) is 1. The molecule has 0 radical (unpaired) electrons. The number of ether oxygens (including phenoxy) is 1. The zero-order valence-corrected chi connectivity index (χ0v) is 16.3. The molecule has 0 fully saturated rings. The SMILES string of the molecule is O=C(O)/C=C/c1ccc(OCCCCO)cc1.c1ccc(-c2ccccc2)cc1. The third kappa shape index (κ3) is 8.91. The first-order chi connectivity index (χ1) is 14.2. The minimum atomic E-state index is -0.964. The number of carboxylic acid groups (broad SMARTS) is 1. The fraction of sp³-hybridized carbons (Fsp3) is 0.160. The molecular formula is C25H26O4. The molecule has 3 aromatic carbocycles. The number of aliphatic hydroxyl groups excluding tert-OH is 1. The van der Waals surface area contributed by atoms with Crippen LogP contribution in [0.15, 0.2) is 91.0 Å². The summed E-state index contributed by atoms with van der Waals surface area (Å²) in [6.07, 6.45) is 4.17. The van der Waals surface area contributed by atoms with Crippen molar-refractivity contribution in [1.82, 2.24) is 0 Å². The molecule has 0 amide bonds. The van der Waals surface area contributed by atoms with Crippen LogP contribution >= 0.6 is 0 Å². The first-order valence-corrected chi connectivity index (χ1v) is 9.54. The monoisotopic (exact) mass is 390 g/mol. The molecule has 0 spiro atoms. The van der Waals surface area contributed by atoms with E-state index in [2.05, 4.69) is 48.5 Å². The van der Waals surface area contributed by atoms with Gasteiger partial charge < -0.3 is 14.9 Å². The van der Waals surface area contributed by atoms with E-state index < -0.39 is 5.97 Å². The normalized spacial score (nSPS) is 10.2. The average molecular weight is 390 g/mol. The van der Waals surface area contributed by atoms with Crippen LogP contribution in [0.1, 0.15) is 18.4 Å². The molecule has 3 rings (SSSR count). The maximum Gasteiger partial charge on any atom is 0.328 e. The summed E-state index contributed by atoms with van der Waals surface area (Å²) in [7, 11) is 0. The lowest BCUT2D eigenvalue weighted by Gasteiger charge is -2.05. The molecule has 0 atom stereocenters. The van der Waals surface area contributed by atoms with Gasteiger partial charge in [0.2, 0.25) is 0 Å². The zero-order valence-electron chi connectivity index (χ0n) is 16.3. The Labute approximate surface area is 171 Å². The molecule has 4 heteroatoms. The van der Waals surface area contributed by atoms with Crippen molar-refractivity contribution in [1.29, 1.82) is 0 Å². The van der Waals surface area contributed by atoms with Gasteiger partial charge in [0.05, 0.1) is 6.61 Å². The molecule has 3 aromatic rings. The van der Waals surface area contributed by atoms with Gasteiger partial charge in [-0.05, 0) is 47.7 Å². The van der Waals surface area contributed by atoms with Crippen molar-refractivity contribution in [2.24, 2.45) is 0 Å². The average Bonchev–Trinajstić information content (AvgIpc) is 2.78. The number of benzene rings is 3. The molecule has 0 aliphatic rings. The Morgan fingerprint density at radius 1 is 0.793 bits per heavy atom. The first-order valence-electron chi connectivity index (χ1n) is 9.54. The molecule has 0 aliphatic heterocycles. The van der Waals surface area contributed by atoms with Crippen LogP contribution in [0.2, 0.25) is 0 Å². The van der Waals surface area contributed by atoms with Crippen molar-refractivity contribution in [2.45, 2.75) is 12.8 Å². The first kappa shape index (κ1) is 21.9. The van der Waals surface area contributed by atoms with Crippen molar-refractivity contribution >= 4 is 12.0 Å². The van der Waals surface area contributed by atoms with Gasteiger partial charge in [-0.25, -0.2) is 4.79 Å². The van der Waals surface area contributed by atoms with Gasteiger partial charge in [-0.3, -0.25) is 0 Å². The molecule has 0 saturated heterocycles. The lowest BCUT2D eigenvalue weighted by Crippen LogP contribution is -1.98. The van der Waals surface area contributed by atoms with E-state index in [4.69, 9.17) is 14.9 Å². The molecule has 0 unspecified atom stereocenters. The predicted octanol–water partition coefficient (Wildman–Crippen LogP) is 5.29. The highest BCUT2D eigenvalue weighted by Crippen LogP contribution is 2.17. The van der Waals surface area contributed by atoms with E-state index in [1.807, 2.05) is 12.1 Å². The van der Waals surface area contributed by atoms with Crippen LogP contribution in [0.3, 0.4) is 0 Å². The summed E-state index contributed by atoms with van der Waals surface area (Å²) in [6.45, 7) is 0.757. The summed E-state index contributed by atoms with van der Waals surface area (Å²) in [5, 5.41) is 17.1. The maximum atomic E-state index is 10.3. The summed E-state index contributed by atoms with van der Waals surface area (Å²) in [6, 6.07) is 28.0. The topological polar surface area (TPSA) is 66.8 Å². The van der Waals surface area contributed by atoms with E-state index in [0.29, 0.717) is 6.61 Å². The fourth-order valence-electron chi connectivity index (χ4n) is 2.51. The van der Waals surface area contributed by atoms with E-state index in [1.165, 1.54) is 17.2 Å². The Hall–Kier alpha value is -3.37. The van der Waals surface area contributed by atoms with Crippen molar-refractivity contribution in [3.8, 4) is 16.9 Å². The van der Waals surface area contributed by atoms with Gasteiger partial charge in [0, 0.05) is 12.7 Å². The Bertz CT molecular complexity index is 819. The van der Waals surface area contributed by atoms with Gasteiger partial charge in [0.1, 0.15) is 5.75 Å². The quantitative estimate of drug-likeness (QED) is 0.405. The van der Waals surface area contributed by atoms with Crippen molar-refractivity contribution in [2.75, 3.05) is 13.2 Å². The number of aliphatic hydroxyl groups is 1. The number of rotatable bonds is 8. The van der Waals surface area contributed by atoms with Crippen molar-refractivity contribution in [3.05, 3.63) is 96.6 Å². The Morgan fingerprint density at radius 2 is 1.34 bits per heavy atom. The van der Waals surface area contributed by atoms with E-state index in [-0.39, 0.29) is 6.61 Å². The number of carbonyl (C=O) groups is 1. The smallest absolute Gasteiger partial charge is 0.328 e. The second-order valence-electron chi connectivity index (χ2n) is 6.25. The molecule has 0 saturated carbocycles. The minimum absolute atomic E-state index is 0.183. The number of hydrogen-bond acceptors (Lipinski definition) is 3. The van der Waals surface area contributed by atoms with Gasteiger partial charge in [-0.2, -0.15) is 0 Å². The summed E-state index contributed by atoms with van der Waals surface area (Å²) in [4.78, 5) is 10.3. The highest BCUT2D eigenvalue weighted by molar-refractivity contribution is 5.85. The largest absolute Gasteiger partial charge is 0.494 e. The van der Waals surface area contributed by atoms with E-state index >= 15 is 0 Å². The highest BCUT2D eigenvalue weighted by atomic mass is 16.5.